The Morgan fingerprint density at radius 3 is 2.40 bits per heavy atom. The number of hydrogen-bond donors (Lipinski definition) is 1. The van der Waals surface area contributed by atoms with Crippen LogP contribution < -0.4 is 5.32 Å². The highest BCUT2D eigenvalue weighted by Gasteiger charge is 2.29. The van der Waals surface area contributed by atoms with Gasteiger partial charge in [0.15, 0.2) is 0 Å². The minimum absolute atomic E-state index is 0.0437. The monoisotopic (exact) mass is 300 g/mol. The van der Waals surface area contributed by atoms with Gasteiger partial charge < -0.3 is 20.0 Å². The van der Waals surface area contributed by atoms with Gasteiger partial charge >= 0.3 is 0 Å². The van der Waals surface area contributed by atoms with Crippen LogP contribution in [-0.4, -0.2) is 97.4 Å². The molecule has 2 fully saturated rings. The molecule has 6 nitrogen and oxygen atoms in total. The Morgan fingerprint density at radius 1 is 1.20 bits per heavy atom. The van der Waals surface area contributed by atoms with Gasteiger partial charge in [0.05, 0.1) is 12.6 Å². The summed E-state index contributed by atoms with van der Waals surface area (Å²) < 4.78 is 0. The van der Waals surface area contributed by atoms with E-state index in [1.165, 1.54) is 0 Å². The third kappa shape index (κ3) is 4.10. The maximum atomic E-state index is 12.3. The molecule has 2 saturated heterocycles. The lowest BCUT2D eigenvalue weighted by molar-refractivity contribution is -0.140. The molecule has 0 aliphatic carbocycles. The first-order chi connectivity index (χ1) is 9.58. The van der Waals surface area contributed by atoms with Crippen molar-refractivity contribution in [2.45, 2.75) is 6.04 Å². The Labute approximate surface area is 124 Å². The molecule has 0 aromatic carbocycles. The zero-order valence-corrected chi connectivity index (χ0v) is 13.1. The van der Waals surface area contributed by atoms with Gasteiger partial charge in [0.2, 0.25) is 11.8 Å². The minimum Gasteiger partial charge on any atom is -0.338 e. The smallest absolute Gasteiger partial charge is 0.240 e. The first-order valence-electron chi connectivity index (χ1n) is 7.10. The van der Waals surface area contributed by atoms with Crippen molar-refractivity contribution in [3.63, 3.8) is 0 Å². The molecule has 1 unspecified atom stereocenters. The molecule has 2 aliphatic heterocycles. The number of piperazine rings is 1. The summed E-state index contributed by atoms with van der Waals surface area (Å²) in [4.78, 5) is 29.9. The normalized spacial score (nSPS) is 24.1. The van der Waals surface area contributed by atoms with E-state index in [1.54, 1.807) is 0 Å². The van der Waals surface area contributed by atoms with E-state index in [4.69, 9.17) is 0 Å². The van der Waals surface area contributed by atoms with Crippen molar-refractivity contribution in [1.29, 1.82) is 0 Å². The Morgan fingerprint density at radius 2 is 1.85 bits per heavy atom. The number of nitrogens with one attached hydrogen (secondary N) is 1. The maximum Gasteiger partial charge on any atom is 0.240 e. The second-order valence-electron chi connectivity index (χ2n) is 5.53. The van der Waals surface area contributed by atoms with Crippen molar-refractivity contribution < 1.29 is 9.59 Å². The topological polar surface area (TPSA) is 55.9 Å². The molecule has 2 heterocycles. The fraction of sp³-hybridized carbons (Fsp3) is 0.846. The molecule has 20 heavy (non-hydrogen) atoms. The highest BCUT2D eigenvalue weighted by atomic mass is 32.2. The Kier molecular flexibility index (Phi) is 5.68. The van der Waals surface area contributed by atoms with Gasteiger partial charge in [0.1, 0.15) is 0 Å². The van der Waals surface area contributed by atoms with E-state index in [0.29, 0.717) is 32.7 Å². The molecule has 0 saturated carbocycles. The molecule has 0 spiro atoms. The number of hydrogen-bond acceptors (Lipinski definition) is 5. The number of carbonyl (C=O) groups excluding carboxylic acids is 2. The number of likely N-dealkylation sites (N-methyl/N-ethyl adjacent to an activating group) is 1. The van der Waals surface area contributed by atoms with Crippen LogP contribution in [0.3, 0.4) is 0 Å². The zero-order chi connectivity index (χ0) is 14.5. The maximum absolute atomic E-state index is 12.3. The van der Waals surface area contributed by atoms with Crippen molar-refractivity contribution in [3.8, 4) is 0 Å². The summed E-state index contributed by atoms with van der Waals surface area (Å²) in [5.41, 5.74) is 0. The standard InChI is InChI=1S/C13H24N4O2S/c1-15(2)9-12(18)16-4-6-17(7-5-16)13(19)11-10-20-8-3-14-11/h11,14H,3-10H2,1-2H3. The van der Waals surface area contributed by atoms with Crippen molar-refractivity contribution in [2.24, 2.45) is 0 Å². The lowest BCUT2D eigenvalue weighted by Crippen LogP contribution is -2.57. The Hall–Kier alpha value is -0.790. The van der Waals surface area contributed by atoms with E-state index in [2.05, 4.69) is 5.32 Å². The average Bonchev–Trinajstić information content (AvgIpc) is 2.47. The first-order valence-corrected chi connectivity index (χ1v) is 8.26. The number of amides is 2. The van der Waals surface area contributed by atoms with Gasteiger partial charge in [-0.05, 0) is 14.1 Å². The van der Waals surface area contributed by atoms with Crippen LogP contribution in [0.5, 0.6) is 0 Å². The SMILES string of the molecule is CN(C)CC(=O)N1CCN(C(=O)C2CSCCN2)CC1. The molecule has 1 atom stereocenters. The molecule has 2 aliphatic rings. The Balaban J connectivity index is 1.78. The van der Waals surface area contributed by atoms with Gasteiger partial charge in [-0.25, -0.2) is 0 Å². The van der Waals surface area contributed by atoms with Crippen LogP contribution in [0.2, 0.25) is 0 Å². The third-order valence-electron chi connectivity index (χ3n) is 3.62. The largest absolute Gasteiger partial charge is 0.338 e. The van der Waals surface area contributed by atoms with E-state index in [1.807, 2.05) is 40.6 Å². The van der Waals surface area contributed by atoms with Gasteiger partial charge in [0.25, 0.3) is 0 Å². The molecule has 0 aromatic heterocycles. The average molecular weight is 300 g/mol. The minimum atomic E-state index is -0.0437. The molecule has 0 radical (unpaired) electrons. The molecule has 0 bridgehead atoms. The van der Waals surface area contributed by atoms with Crippen LogP contribution in [0.1, 0.15) is 0 Å². The second-order valence-corrected chi connectivity index (χ2v) is 6.68. The number of carbonyl (C=O) groups is 2. The highest BCUT2D eigenvalue weighted by Crippen LogP contribution is 2.12. The summed E-state index contributed by atoms with van der Waals surface area (Å²) in [6.07, 6.45) is 0. The molecule has 114 valence electrons. The predicted octanol–water partition coefficient (Wildman–Crippen LogP) is -1.08. The molecule has 2 amide bonds. The predicted molar refractivity (Wildman–Crippen MR) is 80.8 cm³/mol. The quantitative estimate of drug-likeness (QED) is 0.719. The summed E-state index contributed by atoms with van der Waals surface area (Å²) in [7, 11) is 3.79. The Bertz CT molecular complexity index is 350. The molecule has 2 rings (SSSR count). The van der Waals surface area contributed by atoms with E-state index < -0.39 is 0 Å². The van der Waals surface area contributed by atoms with E-state index in [-0.39, 0.29) is 17.9 Å². The van der Waals surface area contributed by atoms with Crippen molar-refractivity contribution >= 4 is 23.6 Å². The lowest BCUT2D eigenvalue weighted by atomic mass is 10.2. The van der Waals surface area contributed by atoms with E-state index in [9.17, 15) is 9.59 Å². The van der Waals surface area contributed by atoms with Crippen LogP contribution >= 0.6 is 11.8 Å². The zero-order valence-electron chi connectivity index (χ0n) is 12.3. The number of thioether (sulfide) groups is 1. The van der Waals surface area contributed by atoms with E-state index >= 15 is 0 Å². The summed E-state index contributed by atoms with van der Waals surface area (Å²) >= 11 is 1.83. The van der Waals surface area contributed by atoms with Crippen LogP contribution in [-0.2, 0) is 9.59 Å². The second kappa shape index (κ2) is 7.28. The van der Waals surface area contributed by atoms with E-state index in [0.717, 1.165) is 18.1 Å². The number of rotatable bonds is 3. The summed E-state index contributed by atoms with van der Waals surface area (Å²) in [6.45, 7) is 3.95. The van der Waals surface area contributed by atoms with Crippen molar-refractivity contribution in [2.75, 3.05) is 64.9 Å². The summed E-state index contributed by atoms with van der Waals surface area (Å²) in [6, 6.07) is -0.0437. The van der Waals surface area contributed by atoms with Gasteiger partial charge in [-0.3, -0.25) is 9.59 Å². The summed E-state index contributed by atoms with van der Waals surface area (Å²) in [5.74, 6) is 2.28. The van der Waals surface area contributed by atoms with Crippen molar-refractivity contribution in [1.82, 2.24) is 20.0 Å². The van der Waals surface area contributed by atoms with Crippen molar-refractivity contribution in [3.05, 3.63) is 0 Å². The first kappa shape index (κ1) is 15.6. The van der Waals surface area contributed by atoms with Gasteiger partial charge in [0, 0.05) is 44.2 Å². The van der Waals surface area contributed by atoms with Gasteiger partial charge in [-0.2, -0.15) is 11.8 Å². The molecule has 0 aromatic rings. The fourth-order valence-electron chi connectivity index (χ4n) is 2.49. The highest BCUT2D eigenvalue weighted by molar-refractivity contribution is 7.99. The van der Waals surface area contributed by atoms with Crippen LogP contribution in [0.4, 0.5) is 0 Å². The lowest BCUT2D eigenvalue weighted by Gasteiger charge is -2.37. The van der Waals surface area contributed by atoms with Crippen LogP contribution in [0.25, 0.3) is 0 Å². The van der Waals surface area contributed by atoms with Gasteiger partial charge in [-0.1, -0.05) is 0 Å². The summed E-state index contributed by atoms with van der Waals surface area (Å²) in [5, 5.41) is 3.28. The van der Waals surface area contributed by atoms with Crippen LogP contribution in [0.15, 0.2) is 0 Å². The number of nitrogens with zero attached hydrogens (tertiary/aromatic N) is 3. The van der Waals surface area contributed by atoms with Gasteiger partial charge in [-0.15, -0.1) is 0 Å². The molecule has 1 N–H and O–H groups in total. The fourth-order valence-corrected chi connectivity index (χ4v) is 3.42. The molecule has 7 heteroatoms. The molecular weight excluding hydrogens is 276 g/mol. The van der Waals surface area contributed by atoms with Crippen LogP contribution in [0, 0.1) is 0 Å². The molecular formula is C13H24N4O2S. The third-order valence-corrected chi connectivity index (χ3v) is 4.68.